The van der Waals surface area contributed by atoms with Gasteiger partial charge in [-0.15, -0.1) is 0 Å². The van der Waals surface area contributed by atoms with E-state index in [9.17, 15) is 24.3 Å². The van der Waals surface area contributed by atoms with E-state index in [1.165, 1.54) is 77.6 Å². The summed E-state index contributed by atoms with van der Waals surface area (Å²) in [7, 11) is 0. The second-order valence-corrected chi connectivity index (χ2v) is 11.6. The summed E-state index contributed by atoms with van der Waals surface area (Å²) in [4.78, 5) is 46.4. The molecule has 0 aliphatic heterocycles. The first-order chi connectivity index (χ1) is 20.3. The summed E-state index contributed by atoms with van der Waals surface area (Å²) >= 11 is 0. The summed E-state index contributed by atoms with van der Waals surface area (Å²) in [5.41, 5.74) is 5.56. The van der Waals surface area contributed by atoms with Crippen LogP contribution in [0.3, 0.4) is 0 Å². The number of ketones is 2. The van der Waals surface area contributed by atoms with Crippen LogP contribution in [0.4, 0.5) is 0 Å². The Kier molecular flexibility index (Phi) is 27.9. The van der Waals surface area contributed by atoms with Crippen LogP contribution >= 0.6 is 0 Å². The lowest BCUT2D eigenvalue weighted by molar-refractivity contribution is -0.137. The zero-order valence-electron chi connectivity index (χ0n) is 26.4. The Bertz CT molecular complexity index is 706. The molecule has 0 aliphatic carbocycles. The molecule has 0 aromatic rings. The number of unbranched alkanes of at least 4 members (excludes halogenated alkanes) is 16. The van der Waals surface area contributed by atoms with Gasteiger partial charge < -0.3 is 21.3 Å². The van der Waals surface area contributed by atoms with E-state index in [1.54, 1.807) is 0 Å². The molecule has 1 amide bonds. The zero-order chi connectivity index (χ0) is 31.3. The van der Waals surface area contributed by atoms with Crippen LogP contribution in [-0.4, -0.2) is 72.1 Å². The number of amides is 1. The van der Waals surface area contributed by atoms with Gasteiger partial charge in [-0.2, -0.15) is 0 Å². The molecule has 42 heavy (non-hydrogen) atoms. The highest BCUT2D eigenvalue weighted by molar-refractivity contribution is 5.87. The second-order valence-electron chi connectivity index (χ2n) is 11.6. The number of nitrogens with two attached hydrogens (primary N) is 1. The van der Waals surface area contributed by atoms with Gasteiger partial charge in [0.15, 0.2) is 5.78 Å². The van der Waals surface area contributed by atoms with Crippen molar-refractivity contribution in [3.05, 3.63) is 0 Å². The Balaban J connectivity index is 3.56. The topological polar surface area (TPSA) is 171 Å². The van der Waals surface area contributed by atoms with Crippen LogP contribution in [0.15, 0.2) is 0 Å². The first-order valence-corrected chi connectivity index (χ1v) is 16.6. The SMILES string of the molecule is CC(=O)[C@H](CO)NCC(=O)[C@@H](CCCCNC(=O)CCCCCCCCCCCCCCCCCCC(=O)O)NCN. The first kappa shape index (κ1) is 40.1. The summed E-state index contributed by atoms with van der Waals surface area (Å²) < 4.78 is 0. The van der Waals surface area contributed by atoms with Gasteiger partial charge in [0.05, 0.1) is 25.2 Å². The van der Waals surface area contributed by atoms with Gasteiger partial charge in [-0.05, 0) is 39.0 Å². The zero-order valence-corrected chi connectivity index (χ0v) is 26.4. The Morgan fingerprint density at radius 3 is 1.55 bits per heavy atom. The van der Waals surface area contributed by atoms with Crippen LogP contribution in [0.1, 0.15) is 142 Å². The van der Waals surface area contributed by atoms with Crippen molar-refractivity contribution >= 4 is 23.4 Å². The summed E-state index contributed by atoms with van der Waals surface area (Å²) in [6.07, 6.45) is 22.1. The fraction of sp³-hybridized carbons (Fsp3) is 0.875. The maximum Gasteiger partial charge on any atom is 0.303 e. The molecule has 0 spiro atoms. The molecule has 10 heteroatoms. The van der Waals surface area contributed by atoms with Gasteiger partial charge in [0.25, 0.3) is 0 Å². The molecule has 0 saturated heterocycles. The van der Waals surface area contributed by atoms with Crippen LogP contribution in [0.5, 0.6) is 0 Å². The summed E-state index contributed by atoms with van der Waals surface area (Å²) in [5.74, 6) is -0.912. The molecular weight excluding hydrogens is 536 g/mol. The van der Waals surface area contributed by atoms with Crippen molar-refractivity contribution in [1.82, 2.24) is 16.0 Å². The number of Topliss-reactive ketones (excluding diaryl/α,β-unsaturated/α-hetero) is 2. The van der Waals surface area contributed by atoms with E-state index < -0.39 is 18.1 Å². The Hall–Kier alpha value is -1.88. The number of carbonyl (C=O) groups excluding carboxylic acids is 3. The van der Waals surface area contributed by atoms with E-state index in [-0.39, 0.29) is 37.3 Å². The quantitative estimate of drug-likeness (QED) is 0.0486. The Labute approximate surface area is 254 Å². The monoisotopic (exact) mass is 598 g/mol. The molecule has 0 heterocycles. The Morgan fingerprint density at radius 2 is 1.12 bits per heavy atom. The average molecular weight is 599 g/mol. The van der Waals surface area contributed by atoms with Crippen molar-refractivity contribution in [2.75, 3.05) is 26.4 Å². The van der Waals surface area contributed by atoms with Gasteiger partial charge >= 0.3 is 5.97 Å². The molecule has 0 aliphatic rings. The minimum Gasteiger partial charge on any atom is -0.481 e. The number of nitrogens with one attached hydrogen (secondary N) is 3. The van der Waals surface area contributed by atoms with E-state index in [2.05, 4.69) is 16.0 Å². The van der Waals surface area contributed by atoms with E-state index in [0.29, 0.717) is 25.8 Å². The van der Waals surface area contributed by atoms with Crippen LogP contribution in [0.25, 0.3) is 0 Å². The number of rotatable bonds is 32. The maximum absolute atomic E-state index is 12.4. The molecule has 0 aromatic heterocycles. The minimum atomic E-state index is -0.735. The lowest BCUT2D eigenvalue weighted by Crippen LogP contribution is -2.48. The van der Waals surface area contributed by atoms with E-state index in [1.807, 2.05) is 0 Å². The van der Waals surface area contributed by atoms with Gasteiger partial charge in [-0.3, -0.25) is 29.8 Å². The van der Waals surface area contributed by atoms with Crippen LogP contribution in [0, 0.1) is 0 Å². The number of carboxylic acids is 1. The van der Waals surface area contributed by atoms with Gasteiger partial charge in [0.2, 0.25) is 5.91 Å². The summed E-state index contributed by atoms with van der Waals surface area (Å²) in [6.45, 7) is 1.77. The summed E-state index contributed by atoms with van der Waals surface area (Å²) in [6, 6.07) is -1.16. The molecule has 0 unspecified atom stereocenters. The highest BCUT2D eigenvalue weighted by Gasteiger charge is 2.19. The molecule has 2 atom stereocenters. The number of aliphatic hydroxyl groups excluding tert-OH is 1. The minimum absolute atomic E-state index is 0.0129. The highest BCUT2D eigenvalue weighted by atomic mass is 16.4. The molecule has 0 aromatic carbocycles. The third kappa shape index (κ3) is 25.8. The maximum atomic E-state index is 12.4. The molecule has 0 radical (unpaired) electrons. The molecule has 10 nitrogen and oxygen atoms in total. The predicted octanol–water partition coefficient (Wildman–Crippen LogP) is 4.36. The van der Waals surface area contributed by atoms with E-state index >= 15 is 0 Å². The molecule has 246 valence electrons. The summed E-state index contributed by atoms with van der Waals surface area (Å²) in [5, 5.41) is 26.6. The van der Waals surface area contributed by atoms with Gasteiger partial charge in [0.1, 0.15) is 5.78 Å². The number of hydrogen-bond donors (Lipinski definition) is 6. The molecule has 7 N–H and O–H groups in total. The number of aliphatic carboxylic acids is 1. The van der Waals surface area contributed by atoms with Crippen molar-refractivity contribution in [3.63, 3.8) is 0 Å². The highest BCUT2D eigenvalue weighted by Crippen LogP contribution is 2.14. The lowest BCUT2D eigenvalue weighted by atomic mass is 10.0. The van der Waals surface area contributed by atoms with Crippen molar-refractivity contribution in [3.8, 4) is 0 Å². The smallest absolute Gasteiger partial charge is 0.303 e. The third-order valence-corrected chi connectivity index (χ3v) is 7.74. The Morgan fingerprint density at radius 1 is 0.643 bits per heavy atom. The van der Waals surface area contributed by atoms with Gasteiger partial charge in [-0.1, -0.05) is 89.9 Å². The van der Waals surface area contributed by atoms with Crippen LogP contribution in [-0.2, 0) is 19.2 Å². The molecule has 0 bridgehead atoms. The second kappa shape index (κ2) is 29.2. The molecule has 0 fully saturated rings. The van der Waals surface area contributed by atoms with Crippen molar-refractivity contribution in [2.24, 2.45) is 5.73 Å². The third-order valence-electron chi connectivity index (χ3n) is 7.74. The first-order valence-electron chi connectivity index (χ1n) is 16.6. The van der Waals surface area contributed by atoms with Crippen molar-refractivity contribution in [2.45, 2.75) is 154 Å². The molecule has 0 rings (SSSR count). The number of carbonyl (C=O) groups is 4. The standard InChI is InChI=1S/C32H62N4O6/c1-27(38)29(25-37)35-24-30(39)28(36-26-33)20-18-19-23-34-31(40)21-16-14-12-10-8-6-4-2-3-5-7-9-11-13-15-17-22-32(41)42/h28-29,35-37H,2-26,33H2,1H3,(H,34,40)(H,41,42)/t28-,29+/m1/s1. The van der Waals surface area contributed by atoms with Gasteiger partial charge in [0, 0.05) is 26.1 Å². The van der Waals surface area contributed by atoms with E-state index in [4.69, 9.17) is 10.8 Å². The average Bonchev–Trinajstić information content (AvgIpc) is 2.95. The van der Waals surface area contributed by atoms with Crippen molar-refractivity contribution in [1.29, 1.82) is 0 Å². The van der Waals surface area contributed by atoms with Gasteiger partial charge in [-0.25, -0.2) is 0 Å². The van der Waals surface area contributed by atoms with Crippen molar-refractivity contribution < 1.29 is 29.4 Å². The largest absolute Gasteiger partial charge is 0.481 e. The number of carboxylic acid groups (broad SMARTS) is 1. The van der Waals surface area contributed by atoms with Crippen LogP contribution in [0.2, 0.25) is 0 Å². The predicted molar refractivity (Wildman–Crippen MR) is 168 cm³/mol. The number of hydrogen-bond acceptors (Lipinski definition) is 8. The molecular formula is C32H62N4O6. The van der Waals surface area contributed by atoms with E-state index in [0.717, 1.165) is 44.9 Å². The fourth-order valence-electron chi connectivity index (χ4n) is 5.03. The number of aliphatic hydroxyl groups is 1. The fourth-order valence-corrected chi connectivity index (χ4v) is 5.03. The normalized spacial score (nSPS) is 12.6. The van der Waals surface area contributed by atoms with Crippen LogP contribution < -0.4 is 21.7 Å². The lowest BCUT2D eigenvalue weighted by Gasteiger charge is -2.19. The molecule has 0 saturated carbocycles.